The van der Waals surface area contributed by atoms with Crippen LogP contribution in [0, 0.1) is 0 Å². The SMILES string of the molecule is Nc1c2cnc(Nc3cccc(NC(=O)NC4CCCC4)c3)nc2nc(=O)n1-c1c(Cl)cccc1Cl. The van der Waals surface area contributed by atoms with Crippen LogP contribution in [0.2, 0.25) is 10.0 Å². The lowest BCUT2D eigenvalue weighted by molar-refractivity contribution is 0.248. The van der Waals surface area contributed by atoms with Crippen molar-refractivity contribution in [1.82, 2.24) is 24.8 Å². The molecule has 1 aliphatic carbocycles. The van der Waals surface area contributed by atoms with E-state index in [-0.39, 0.29) is 45.2 Å². The Bertz CT molecular complexity index is 1500. The van der Waals surface area contributed by atoms with Gasteiger partial charge in [-0.25, -0.2) is 19.1 Å². The summed E-state index contributed by atoms with van der Waals surface area (Å²) in [4.78, 5) is 37.8. The molecule has 36 heavy (non-hydrogen) atoms. The van der Waals surface area contributed by atoms with E-state index in [1.807, 2.05) is 0 Å². The van der Waals surface area contributed by atoms with Crippen LogP contribution in [-0.4, -0.2) is 31.6 Å². The predicted molar refractivity (Wildman–Crippen MR) is 141 cm³/mol. The molecule has 0 aliphatic heterocycles. The molecule has 0 unspecified atom stereocenters. The van der Waals surface area contributed by atoms with E-state index in [0.29, 0.717) is 16.8 Å². The summed E-state index contributed by atoms with van der Waals surface area (Å²) in [6, 6.07) is 12.0. The molecule has 5 rings (SSSR count). The minimum Gasteiger partial charge on any atom is -0.384 e. The summed E-state index contributed by atoms with van der Waals surface area (Å²) in [6.07, 6.45) is 5.74. The van der Waals surface area contributed by atoms with Gasteiger partial charge >= 0.3 is 11.7 Å². The molecule has 1 saturated carbocycles. The van der Waals surface area contributed by atoms with E-state index in [0.717, 1.165) is 30.3 Å². The molecule has 2 amide bonds. The average Bonchev–Trinajstić information content (AvgIpc) is 3.34. The van der Waals surface area contributed by atoms with E-state index in [2.05, 4.69) is 30.9 Å². The average molecular weight is 525 g/mol. The van der Waals surface area contributed by atoms with Gasteiger partial charge in [0.1, 0.15) is 5.82 Å². The lowest BCUT2D eigenvalue weighted by atomic mass is 10.2. The van der Waals surface area contributed by atoms with Gasteiger partial charge in [0, 0.05) is 23.6 Å². The smallest absolute Gasteiger partial charge is 0.355 e. The van der Waals surface area contributed by atoms with Gasteiger partial charge in [-0.15, -0.1) is 0 Å². The van der Waals surface area contributed by atoms with E-state index >= 15 is 0 Å². The van der Waals surface area contributed by atoms with Crippen molar-refractivity contribution in [2.75, 3.05) is 16.4 Å². The number of aromatic nitrogens is 4. The van der Waals surface area contributed by atoms with Crippen LogP contribution in [0.3, 0.4) is 0 Å². The van der Waals surface area contributed by atoms with Crippen molar-refractivity contribution in [3.05, 3.63) is 69.2 Å². The summed E-state index contributed by atoms with van der Waals surface area (Å²) < 4.78 is 1.13. The largest absolute Gasteiger partial charge is 0.384 e. The van der Waals surface area contributed by atoms with Gasteiger partial charge in [0.05, 0.1) is 21.1 Å². The lowest BCUT2D eigenvalue weighted by Gasteiger charge is -2.14. The zero-order valence-electron chi connectivity index (χ0n) is 19.0. The Balaban J connectivity index is 1.39. The van der Waals surface area contributed by atoms with Gasteiger partial charge in [-0.05, 0) is 43.2 Å². The number of nitrogens with zero attached hydrogens (tertiary/aromatic N) is 4. The second kappa shape index (κ2) is 10.00. The molecule has 5 N–H and O–H groups in total. The van der Waals surface area contributed by atoms with Crippen LogP contribution in [0.4, 0.5) is 27.9 Å². The van der Waals surface area contributed by atoms with Gasteiger partial charge in [-0.3, -0.25) is 0 Å². The molecule has 184 valence electrons. The van der Waals surface area contributed by atoms with E-state index in [9.17, 15) is 9.59 Å². The third-order valence-electron chi connectivity index (χ3n) is 5.91. The van der Waals surface area contributed by atoms with Crippen molar-refractivity contribution in [2.45, 2.75) is 31.7 Å². The van der Waals surface area contributed by atoms with Crippen LogP contribution in [0.1, 0.15) is 25.7 Å². The lowest BCUT2D eigenvalue weighted by Crippen LogP contribution is -2.36. The highest BCUT2D eigenvalue weighted by Gasteiger charge is 2.18. The fraction of sp³-hybridized carbons (Fsp3) is 0.208. The fourth-order valence-corrected chi connectivity index (χ4v) is 4.77. The van der Waals surface area contributed by atoms with Gasteiger partial charge < -0.3 is 21.7 Å². The molecule has 4 aromatic rings. The Morgan fingerprint density at radius 2 is 1.72 bits per heavy atom. The van der Waals surface area contributed by atoms with E-state index in [4.69, 9.17) is 28.9 Å². The molecule has 0 spiro atoms. The number of carbonyl (C=O) groups excluding carboxylic acids is 1. The number of anilines is 4. The number of para-hydroxylation sites is 1. The van der Waals surface area contributed by atoms with Crippen molar-refractivity contribution >= 4 is 63.4 Å². The molecule has 0 bridgehead atoms. The zero-order valence-corrected chi connectivity index (χ0v) is 20.5. The van der Waals surface area contributed by atoms with E-state index in [1.54, 1.807) is 42.5 Å². The molecule has 12 heteroatoms. The summed E-state index contributed by atoms with van der Waals surface area (Å²) in [5.41, 5.74) is 7.19. The summed E-state index contributed by atoms with van der Waals surface area (Å²) in [7, 11) is 0. The summed E-state index contributed by atoms with van der Waals surface area (Å²) >= 11 is 12.5. The van der Waals surface area contributed by atoms with Crippen molar-refractivity contribution in [1.29, 1.82) is 0 Å². The maximum Gasteiger partial charge on any atom is 0.355 e. The minimum atomic E-state index is -0.681. The first-order valence-corrected chi connectivity index (χ1v) is 12.1. The third kappa shape index (κ3) is 4.91. The van der Waals surface area contributed by atoms with Crippen molar-refractivity contribution in [2.24, 2.45) is 0 Å². The van der Waals surface area contributed by atoms with Crippen molar-refractivity contribution < 1.29 is 4.79 Å². The van der Waals surface area contributed by atoms with E-state index < -0.39 is 5.69 Å². The van der Waals surface area contributed by atoms with Crippen molar-refractivity contribution in [3.63, 3.8) is 0 Å². The molecule has 2 heterocycles. The molecular formula is C24H22Cl2N8O2. The molecule has 1 fully saturated rings. The Kier molecular flexibility index (Phi) is 6.62. The number of benzene rings is 2. The van der Waals surface area contributed by atoms with Gasteiger partial charge in [0.2, 0.25) is 5.95 Å². The molecule has 10 nitrogen and oxygen atoms in total. The highest BCUT2D eigenvalue weighted by Crippen LogP contribution is 2.30. The second-order valence-corrected chi connectivity index (χ2v) is 9.22. The summed E-state index contributed by atoms with van der Waals surface area (Å²) in [6.45, 7) is 0. The fourth-order valence-electron chi connectivity index (χ4n) is 4.21. The number of urea groups is 1. The molecule has 0 saturated heterocycles. The number of hydrogen-bond donors (Lipinski definition) is 4. The number of nitrogen functional groups attached to an aromatic ring is 1. The van der Waals surface area contributed by atoms with E-state index in [1.165, 1.54) is 6.20 Å². The first-order valence-electron chi connectivity index (χ1n) is 11.3. The first kappa shape index (κ1) is 23.8. The number of halogens is 2. The van der Waals surface area contributed by atoms with Crippen LogP contribution in [0.15, 0.2) is 53.5 Å². The zero-order chi connectivity index (χ0) is 25.2. The van der Waals surface area contributed by atoms with Crippen LogP contribution in [0.25, 0.3) is 16.7 Å². The number of rotatable bonds is 5. The van der Waals surface area contributed by atoms with Crippen LogP contribution >= 0.6 is 23.2 Å². The standard InChI is InChI=1S/C24H22Cl2N8O2/c25-17-9-4-10-18(26)19(17)34-20(27)16-12-28-22(32-21(16)33-24(34)36)29-14-7-3-8-15(11-14)31-23(35)30-13-5-1-2-6-13/h3-4,7-13H,1-2,5-6,27H2,(H2,30,31,35)(H,29,32,33,36). The molecule has 2 aromatic carbocycles. The topological polar surface area (TPSA) is 140 Å². The Morgan fingerprint density at radius 3 is 2.47 bits per heavy atom. The number of amides is 2. The molecule has 1 aliphatic rings. The first-order chi connectivity index (χ1) is 17.4. The normalized spacial score (nSPS) is 13.6. The molecular weight excluding hydrogens is 503 g/mol. The van der Waals surface area contributed by atoms with Gasteiger partial charge in [-0.1, -0.05) is 48.2 Å². The molecule has 0 radical (unpaired) electrons. The third-order valence-corrected chi connectivity index (χ3v) is 6.52. The molecule has 0 atom stereocenters. The predicted octanol–water partition coefficient (Wildman–Crippen LogP) is 4.87. The van der Waals surface area contributed by atoms with Crippen LogP contribution in [-0.2, 0) is 0 Å². The van der Waals surface area contributed by atoms with Crippen LogP contribution < -0.4 is 27.4 Å². The quantitative estimate of drug-likeness (QED) is 0.291. The Labute approximate surface area is 215 Å². The summed E-state index contributed by atoms with van der Waals surface area (Å²) in [5.74, 6) is 0.265. The number of nitrogens with two attached hydrogens (primary N) is 1. The summed E-state index contributed by atoms with van der Waals surface area (Å²) in [5, 5.41) is 9.75. The van der Waals surface area contributed by atoms with Gasteiger partial charge in [0.25, 0.3) is 0 Å². The van der Waals surface area contributed by atoms with Gasteiger partial charge in [-0.2, -0.15) is 9.97 Å². The number of nitrogens with one attached hydrogen (secondary N) is 3. The van der Waals surface area contributed by atoms with Gasteiger partial charge in [0.15, 0.2) is 5.65 Å². The molecule has 2 aromatic heterocycles. The maximum atomic E-state index is 12.8. The highest BCUT2D eigenvalue weighted by molar-refractivity contribution is 6.37. The minimum absolute atomic E-state index is 0.0611. The highest BCUT2D eigenvalue weighted by atomic mass is 35.5. The number of carbonyl (C=O) groups is 1. The Morgan fingerprint density at radius 1 is 1.03 bits per heavy atom. The van der Waals surface area contributed by atoms with Crippen LogP contribution in [0.5, 0.6) is 0 Å². The number of fused-ring (bicyclic) bond motifs is 1. The second-order valence-electron chi connectivity index (χ2n) is 8.40. The monoisotopic (exact) mass is 524 g/mol. The van der Waals surface area contributed by atoms with Crippen molar-refractivity contribution in [3.8, 4) is 5.69 Å². The number of hydrogen-bond acceptors (Lipinski definition) is 7. The maximum absolute atomic E-state index is 12.8. The Hall–Kier alpha value is -3.89.